The lowest BCUT2D eigenvalue weighted by atomic mass is 9.74. The van der Waals surface area contributed by atoms with Crippen LogP contribution in [-0.4, -0.2) is 61.8 Å². The van der Waals surface area contributed by atoms with Crippen LogP contribution in [0.1, 0.15) is 396 Å². The number of allylic oxidation sites excluding steroid dienone is 1. The second-order valence-electron chi connectivity index (χ2n) is 30.4. The fraction of sp³-hybridized carbons (Fsp3) is 0.910. The van der Waals surface area contributed by atoms with Crippen molar-refractivity contribution in [2.24, 2.45) is 32.5 Å². The highest BCUT2D eigenvalue weighted by Gasteiger charge is 2.29. The van der Waals surface area contributed by atoms with Gasteiger partial charge < -0.3 is 24.3 Å². The van der Waals surface area contributed by atoms with Crippen molar-refractivity contribution in [1.29, 1.82) is 0 Å². The van der Waals surface area contributed by atoms with Gasteiger partial charge in [-0.2, -0.15) is 0 Å². The van der Waals surface area contributed by atoms with E-state index in [2.05, 4.69) is 128 Å². The predicted octanol–water partition coefficient (Wildman–Crippen LogP) is 23.7. The van der Waals surface area contributed by atoms with E-state index in [0.717, 1.165) is 64.2 Å². The zero-order valence-corrected chi connectivity index (χ0v) is 63.0. The first-order chi connectivity index (χ1) is 41.3. The summed E-state index contributed by atoms with van der Waals surface area (Å²) in [4.78, 5) is 60.7. The van der Waals surface area contributed by atoms with Crippen LogP contribution in [0.15, 0.2) is 12.2 Å². The maximum absolute atomic E-state index is 12.8. The number of nitrogens with one attached hydrogen (secondary N) is 1. The summed E-state index contributed by atoms with van der Waals surface area (Å²) in [7, 11) is 0. The molecule has 10 nitrogen and oxygen atoms in total. The number of rotatable bonds is 53. The molecule has 0 saturated heterocycles. The molecule has 0 fully saturated rings. The fourth-order valence-electron chi connectivity index (χ4n) is 10.7. The van der Waals surface area contributed by atoms with Crippen molar-refractivity contribution in [1.82, 2.24) is 5.32 Å². The summed E-state index contributed by atoms with van der Waals surface area (Å²) in [5, 5.41) is 3.12. The zero-order valence-electron chi connectivity index (χ0n) is 63.0. The van der Waals surface area contributed by atoms with E-state index in [4.69, 9.17) is 18.9 Å². The highest BCUT2D eigenvalue weighted by molar-refractivity contribution is 5.77. The molecular weight excluding hydrogens is 1090 g/mol. The summed E-state index contributed by atoms with van der Waals surface area (Å²) in [5.74, 6) is -1.37. The summed E-state index contributed by atoms with van der Waals surface area (Å²) in [6, 6.07) is -0.169. The molecule has 0 aromatic carbocycles. The van der Waals surface area contributed by atoms with Crippen molar-refractivity contribution < 1.29 is 42.9 Å². The van der Waals surface area contributed by atoms with E-state index in [1.54, 1.807) is 0 Å². The molecule has 0 aromatic rings. The third-order valence-electron chi connectivity index (χ3n) is 17.8. The molecule has 2 unspecified atom stereocenters. The van der Waals surface area contributed by atoms with Crippen molar-refractivity contribution >= 4 is 29.8 Å². The van der Waals surface area contributed by atoms with Gasteiger partial charge in [0.15, 0.2) is 6.10 Å². The van der Waals surface area contributed by atoms with E-state index in [9.17, 15) is 24.0 Å². The molecule has 0 aliphatic carbocycles. The molecule has 0 aliphatic heterocycles. The van der Waals surface area contributed by atoms with E-state index in [1.807, 2.05) is 27.7 Å². The van der Waals surface area contributed by atoms with Crippen molar-refractivity contribution in [3.63, 3.8) is 0 Å². The number of esters is 4. The average Bonchev–Trinajstić information content (AvgIpc) is 3.63. The number of carbonyl (C=O) groups is 5. The second kappa shape index (κ2) is 55.7. The van der Waals surface area contributed by atoms with Crippen LogP contribution in [-0.2, 0) is 42.9 Å². The zero-order chi connectivity index (χ0) is 68.0. The minimum atomic E-state index is -0.795. The Morgan fingerprint density at radius 2 is 0.727 bits per heavy atom. The normalized spacial score (nSPS) is 12.8. The SMILES string of the molecule is CC.CC.CCCCCC(C)(C)CCC(C)(C)CCCCC(=O)OCC(COC(C)=O)OC(=O)CCCC(C)(C)CCC(C)(C)CCCCC.CCCCCCCCCCCCCCC/C=C/CC(COC(C)=O)NC(=O)CC(C)(C)CCC(C)(C)CC. The molecule has 0 heterocycles. The Morgan fingerprint density at radius 1 is 0.375 bits per heavy atom. The molecule has 0 bridgehead atoms. The van der Waals surface area contributed by atoms with Crippen molar-refractivity contribution in [3.05, 3.63) is 12.2 Å². The van der Waals surface area contributed by atoms with E-state index >= 15 is 0 Å². The molecule has 0 saturated carbocycles. The maximum Gasteiger partial charge on any atom is 0.306 e. The van der Waals surface area contributed by atoms with E-state index in [1.165, 1.54) is 168 Å². The van der Waals surface area contributed by atoms with Crippen LogP contribution < -0.4 is 5.32 Å². The molecule has 0 rings (SSSR count). The Labute approximate surface area is 548 Å². The van der Waals surface area contributed by atoms with Gasteiger partial charge in [-0.1, -0.05) is 279 Å². The number of unbranched alkanes of at least 4 members (excludes halogenated alkanes) is 18. The lowest BCUT2D eigenvalue weighted by Crippen LogP contribution is -2.40. The molecule has 0 aromatic heterocycles. The molecule has 1 N–H and O–H groups in total. The van der Waals surface area contributed by atoms with Gasteiger partial charge in [0.25, 0.3) is 0 Å². The minimum absolute atomic E-state index is 0.0475. The van der Waals surface area contributed by atoms with Gasteiger partial charge in [-0.15, -0.1) is 0 Å². The number of ether oxygens (including phenoxy) is 4. The maximum atomic E-state index is 12.8. The van der Waals surface area contributed by atoms with E-state index in [0.29, 0.717) is 41.9 Å². The van der Waals surface area contributed by atoms with Crippen LogP contribution in [0, 0.1) is 32.5 Å². The quantitative estimate of drug-likeness (QED) is 0.0273. The second-order valence-corrected chi connectivity index (χ2v) is 30.4. The van der Waals surface area contributed by atoms with E-state index in [-0.39, 0.29) is 65.9 Å². The van der Waals surface area contributed by atoms with Crippen LogP contribution >= 0.6 is 0 Å². The van der Waals surface area contributed by atoms with Crippen LogP contribution in [0.25, 0.3) is 0 Å². The highest BCUT2D eigenvalue weighted by atomic mass is 16.6. The number of hydrogen-bond acceptors (Lipinski definition) is 9. The lowest BCUT2D eigenvalue weighted by Gasteiger charge is -2.31. The minimum Gasteiger partial charge on any atom is -0.464 e. The standard InChI is InChI=1S/C40H76O6.C34H65NO3.2C2H6/c1-12-14-17-23-37(4,5)27-28-39(8,9)25-19-16-21-35(42)45-32-34(31-44-33(3)41)46-36(43)22-20-26-40(10,11)30-29-38(6,7)24-18-15-13-2;1-8-10-11-12-13-14-15-16-17-18-19-20-21-22-23-24-25-31(29-38-30(3)36)35-32(37)28-34(6,7)27-26-33(4,5)9-2;2*1-2/h34H,12-32H2,1-11H3;23-24,31H,8-22,25-29H2,1-7H3,(H,35,37);2*1-2H3/b;24-23+;;. The molecule has 524 valence electrons. The van der Waals surface area contributed by atoms with Gasteiger partial charge in [-0.05, 0) is 129 Å². The molecule has 0 radical (unpaired) electrons. The Balaban J connectivity index is -0.000000771. The molecule has 0 spiro atoms. The van der Waals surface area contributed by atoms with Crippen LogP contribution in [0.5, 0.6) is 0 Å². The molecule has 2 atom stereocenters. The Bertz CT molecular complexity index is 1710. The monoisotopic (exact) mass is 1250 g/mol. The summed E-state index contributed by atoms with van der Waals surface area (Å²) >= 11 is 0. The van der Waals surface area contributed by atoms with Crippen molar-refractivity contribution in [2.45, 2.75) is 408 Å². The number of hydrogen-bond donors (Lipinski definition) is 1. The lowest BCUT2D eigenvalue weighted by molar-refractivity contribution is -0.166. The first-order valence-electron chi connectivity index (χ1n) is 36.9. The predicted molar refractivity (Wildman–Crippen MR) is 379 cm³/mol. The summed E-state index contributed by atoms with van der Waals surface area (Å²) in [5.41, 5.74) is 1.37. The summed E-state index contributed by atoms with van der Waals surface area (Å²) < 4.78 is 21.4. The first kappa shape index (κ1) is 91.5. The highest BCUT2D eigenvalue weighted by Crippen LogP contribution is 2.39. The third kappa shape index (κ3) is 63.2. The first-order valence-corrected chi connectivity index (χ1v) is 36.9. The van der Waals surface area contributed by atoms with Crippen LogP contribution in [0.4, 0.5) is 0 Å². The van der Waals surface area contributed by atoms with Crippen LogP contribution in [0.2, 0.25) is 0 Å². The van der Waals surface area contributed by atoms with Crippen molar-refractivity contribution in [3.8, 4) is 0 Å². The fourth-order valence-corrected chi connectivity index (χ4v) is 10.7. The molecule has 88 heavy (non-hydrogen) atoms. The summed E-state index contributed by atoms with van der Waals surface area (Å²) in [6.45, 7) is 47.4. The topological polar surface area (TPSA) is 134 Å². The largest absolute Gasteiger partial charge is 0.464 e. The van der Waals surface area contributed by atoms with Crippen LogP contribution in [0.3, 0.4) is 0 Å². The van der Waals surface area contributed by atoms with Crippen molar-refractivity contribution in [2.75, 3.05) is 19.8 Å². The Morgan fingerprint density at radius 3 is 1.16 bits per heavy atom. The van der Waals surface area contributed by atoms with Gasteiger partial charge in [0.1, 0.15) is 19.8 Å². The molecule has 1 amide bonds. The average molecular weight is 1250 g/mol. The van der Waals surface area contributed by atoms with Gasteiger partial charge >= 0.3 is 23.9 Å². The van der Waals surface area contributed by atoms with Gasteiger partial charge in [0.05, 0.1) is 6.04 Å². The molecular formula is C78H153NO9. The number of amides is 1. The third-order valence-corrected chi connectivity index (χ3v) is 17.8. The Kier molecular flexibility index (Phi) is 57.9. The summed E-state index contributed by atoms with van der Waals surface area (Å²) in [6.07, 6.45) is 47.0. The smallest absolute Gasteiger partial charge is 0.306 e. The Hall–Kier alpha value is -2.91. The van der Waals surface area contributed by atoms with E-state index < -0.39 is 12.1 Å². The van der Waals surface area contributed by atoms with Gasteiger partial charge in [-0.25, -0.2) is 0 Å². The van der Waals surface area contributed by atoms with Gasteiger partial charge in [0.2, 0.25) is 5.91 Å². The molecule has 0 aliphatic rings. The molecule has 10 heteroatoms. The van der Waals surface area contributed by atoms with Gasteiger partial charge in [0, 0.05) is 33.1 Å². The number of carbonyl (C=O) groups excluding carboxylic acids is 5. The van der Waals surface area contributed by atoms with Gasteiger partial charge in [-0.3, -0.25) is 24.0 Å².